The molecule has 2 N–H and O–H groups in total. The molecule has 4 aromatic rings. The Balaban J connectivity index is 1.70. The van der Waals surface area contributed by atoms with E-state index in [1.54, 1.807) is 48.1 Å². The molecule has 0 radical (unpaired) electrons. The molecule has 0 saturated carbocycles. The van der Waals surface area contributed by atoms with Gasteiger partial charge in [0, 0.05) is 30.8 Å². The summed E-state index contributed by atoms with van der Waals surface area (Å²) in [6.45, 7) is 0.456. The second kappa shape index (κ2) is 8.00. The highest BCUT2D eigenvalue weighted by atomic mass is 79.9. The quantitative estimate of drug-likeness (QED) is 0.473. The molecule has 2 heterocycles. The first-order valence-corrected chi connectivity index (χ1v) is 9.70. The third-order valence-corrected chi connectivity index (χ3v) is 5.03. The van der Waals surface area contributed by atoms with E-state index in [-0.39, 0.29) is 11.7 Å². The highest BCUT2D eigenvalue weighted by Gasteiger charge is 2.14. The van der Waals surface area contributed by atoms with Gasteiger partial charge in [-0.15, -0.1) is 0 Å². The van der Waals surface area contributed by atoms with Crippen molar-refractivity contribution in [2.24, 2.45) is 0 Å². The lowest BCUT2D eigenvalue weighted by atomic mass is 10.1. The maximum atomic E-state index is 14.3. The van der Waals surface area contributed by atoms with Crippen LogP contribution in [0, 0.1) is 5.82 Å². The van der Waals surface area contributed by atoms with E-state index in [4.69, 9.17) is 0 Å². The van der Waals surface area contributed by atoms with E-state index in [2.05, 4.69) is 36.6 Å². The Kier molecular flexibility index (Phi) is 5.26. The number of halogens is 2. The predicted octanol–water partition coefficient (Wildman–Crippen LogP) is 4.27. The van der Waals surface area contributed by atoms with Crippen LogP contribution < -0.4 is 10.6 Å². The van der Waals surface area contributed by atoms with Gasteiger partial charge < -0.3 is 10.6 Å². The Bertz CT molecular complexity index is 1210. The summed E-state index contributed by atoms with van der Waals surface area (Å²) in [6, 6.07) is 15.6. The zero-order valence-corrected chi connectivity index (χ0v) is 17.1. The van der Waals surface area contributed by atoms with Gasteiger partial charge in [0.05, 0.1) is 16.4 Å². The number of anilines is 1. The summed E-state index contributed by atoms with van der Waals surface area (Å²) >= 11 is 3.44. The number of nitrogens with one attached hydrogen (secondary N) is 2. The molecule has 0 aliphatic rings. The van der Waals surface area contributed by atoms with Crippen molar-refractivity contribution in [1.82, 2.24) is 19.9 Å². The van der Waals surface area contributed by atoms with Crippen molar-refractivity contribution >= 4 is 33.3 Å². The van der Waals surface area contributed by atoms with Gasteiger partial charge in [-0.25, -0.2) is 9.37 Å². The van der Waals surface area contributed by atoms with Crippen LogP contribution >= 0.6 is 15.9 Å². The smallest absolute Gasteiger partial charge is 0.251 e. The molecule has 0 spiro atoms. The molecule has 0 saturated heterocycles. The van der Waals surface area contributed by atoms with Crippen LogP contribution in [-0.4, -0.2) is 27.6 Å². The van der Waals surface area contributed by atoms with Gasteiger partial charge in [0.2, 0.25) is 0 Å². The fraction of sp³-hybridized carbons (Fsp3) is 0.0952. The third kappa shape index (κ3) is 3.84. The lowest BCUT2D eigenvalue weighted by molar-refractivity contribution is 0.0963. The largest absolute Gasteiger partial charge is 0.366 e. The number of carbonyl (C=O) groups is 1. The summed E-state index contributed by atoms with van der Waals surface area (Å²) in [7, 11) is 1.60. The molecule has 0 unspecified atom stereocenters. The van der Waals surface area contributed by atoms with Crippen LogP contribution in [0.15, 0.2) is 65.3 Å². The highest BCUT2D eigenvalue weighted by Crippen LogP contribution is 2.27. The molecular weight excluding hydrogens is 437 g/mol. The van der Waals surface area contributed by atoms with Gasteiger partial charge in [0.25, 0.3) is 5.91 Å². The zero-order valence-electron chi connectivity index (χ0n) is 15.5. The van der Waals surface area contributed by atoms with Crippen LogP contribution in [0.5, 0.6) is 0 Å². The minimum Gasteiger partial charge on any atom is -0.366 e. The Hall–Kier alpha value is -3.26. The highest BCUT2D eigenvalue weighted by molar-refractivity contribution is 9.10. The van der Waals surface area contributed by atoms with Gasteiger partial charge in [0.1, 0.15) is 11.6 Å². The van der Waals surface area contributed by atoms with Crippen LogP contribution in [-0.2, 0) is 6.54 Å². The SMILES string of the molecule is CNC(=O)c1cccc(CNc2cc(-c3ccccc3F)nc3c(Br)cnn23)c1. The van der Waals surface area contributed by atoms with Crippen molar-refractivity contribution in [3.63, 3.8) is 0 Å². The van der Waals surface area contributed by atoms with Crippen molar-refractivity contribution in [3.05, 3.63) is 82.2 Å². The van der Waals surface area contributed by atoms with Crippen LogP contribution in [0.2, 0.25) is 0 Å². The normalized spacial score (nSPS) is 10.9. The van der Waals surface area contributed by atoms with Crippen LogP contribution in [0.3, 0.4) is 0 Å². The van der Waals surface area contributed by atoms with Crippen molar-refractivity contribution < 1.29 is 9.18 Å². The molecule has 2 aromatic heterocycles. The summed E-state index contributed by atoms with van der Waals surface area (Å²) in [5.41, 5.74) is 2.99. The lowest BCUT2D eigenvalue weighted by Crippen LogP contribution is -2.18. The Labute approximate surface area is 174 Å². The number of fused-ring (bicyclic) bond motifs is 1. The van der Waals surface area contributed by atoms with Crippen molar-refractivity contribution in [3.8, 4) is 11.3 Å². The molecule has 4 rings (SSSR count). The van der Waals surface area contributed by atoms with E-state index in [9.17, 15) is 9.18 Å². The van der Waals surface area contributed by atoms with E-state index < -0.39 is 0 Å². The maximum absolute atomic E-state index is 14.3. The van der Waals surface area contributed by atoms with Crippen LogP contribution in [0.4, 0.5) is 10.2 Å². The van der Waals surface area contributed by atoms with E-state index in [0.29, 0.717) is 39.3 Å². The topological polar surface area (TPSA) is 71.3 Å². The minimum atomic E-state index is -0.343. The van der Waals surface area contributed by atoms with Gasteiger partial charge in [-0.05, 0) is 45.8 Å². The van der Waals surface area contributed by atoms with Crippen molar-refractivity contribution in [2.75, 3.05) is 12.4 Å². The fourth-order valence-electron chi connectivity index (χ4n) is 3.03. The molecule has 0 aliphatic heterocycles. The average Bonchev–Trinajstić information content (AvgIpc) is 3.13. The Morgan fingerprint density at radius 3 is 2.79 bits per heavy atom. The van der Waals surface area contributed by atoms with Crippen molar-refractivity contribution in [1.29, 1.82) is 0 Å². The molecular formula is C21H17BrFN5O. The number of benzene rings is 2. The number of hydrogen-bond acceptors (Lipinski definition) is 4. The zero-order chi connectivity index (χ0) is 20.4. The molecule has 2 aromatic carbocycles. The van der Waals surface area contributed by atoms with E-state index in [1.807, 2.05) is 18.2 Å². The second-order valence-corrected chi connectivity index (χ2v) is 7.22. The molecule has 0 bridgehead atoms. The van der Waals surface area contributed by atoms with E-state index in [1.165, 1.54) is 6.07 Å². The number of hydrogen-bond donors (Lipinski definition) is 2. The lowest BCUT2D eigenvalue weighted by Gasteiger charge is -2.12. The first-order chi connectivity index (χ1) is 14.1. The minimum absolute atomic E-state index is 0.143. The molecule has 6 nitrogen and oxygen atoms in total. The van der Waals surface area contributed by atoms with Crippen molar-refractivity contribution in [2.45, 2.75) is 6.54 Å². The van der Waals surface area contributed by atoms with Gasteiger partial charge in [0.15, 0.2) is 5.65 Å². The molecule has 8 heteroatoms. The van der Waals surface area contributed by atoms with Gasteiger partial charge in [-0.3, -0.25) is 4.79 Å². The summed E-state index contributed by atoms with van der Waals surface area (Å²) in [5.74, 6) is 0.171. The number of nitrogens with zero attached hydrogens (tertiary/aromatic N) is 3. The second-order valence-electron chi connectivity index (χ2n) is 6.37. The summed E-state index contributed by atoms with van der Waals surface area (Å²) in [5, 5.41) is 10.3. The fourth-order valence-corrected chi connectivity index (χ4v) is 3.38. The van der Waals surface area contributed by atoms with Gasteiger partial charge in [-0.2, -0.15) is 9.61 Å². The summed E-state index contributed by atoms with van der Waals surface area (Å²) in [4.78, 5) is 16.4. The van der Waals surface area contributed by atoms with Gasteiger partial charge >= 0.3 is 0 Å². The first-order valence-electron chi connectivity index (χ1n) is 8.91. The van der Waals surface area contributed by atoms with Crippen LogP contribution in [0.25, 0.3) is 16.9 Å². The van der Waals surface area contributed by atoms with Crippen LogP contribution in [0.1, 0.15) is 15.9 Å². The Morgan fingerprint density at radius 1 is 1.17 bits per heavy atom. The Morgan fingerprint density at radius 2 is 2.00 bits per heavy atom. The maximum Gasteiger partial charge on any atom is 0.251 e. The molecule has 0 aliphatic carbocycles. The third-order valence-electron chi connectivity index (χ3n) is 4.47. The number of rotatable bonds is 5. The molecule has 0 fully saturated rings. The molecule has 1 amide bonds. The molecule has 29 heavy (non-hydrogen) atoms. The molecule has 146 valence electrons. The van der Waals surface area contributed by atoms with E-state index >= 15 is 0 Å². The van der Waals surface area contributed by atoms with Gasteiger partial charge in [-0.1, -0.05) is 24.3 Å². The number of aromatic nitrogens is 3. The van der Waals surface area contributed by atoms with E-state index in [0.717, 1.165) is 5.56 Å². The standard InChI is InChI=1S/C21H17BrFN5O/c1-24-21(29)14-6-4-5-13(9-14)11-25-19-10-18(15-7-2-3-8-17(15)23)27-20-16(22)12-26-28(19)20/h2-10,12,25H,11H2,1H3,(H,24,29). The first kappa shape index (κ1) is 19.1. The molecule has 0 atom stereocenters. The number of carbonyl (C=O) groups excluding carboxylic acids is 1. The number of amides is 1. The summed E-state index contributed by atoms with van der Waals surface area (Å²) < 4.78 is 16.7. The summed E-state index contributed by atoms with van der Waals surface area (Å²) in [6.07, 6.45) is 1.64. The average molecular weight is 454 g/mol. The monoisotopic (exact) mass is 453 g/mol. The predicted molar refractivity (Wildman–Crippen MR) is 113 cm³/mol.